The maximum atomic E-state index is 5.75. The van der Waals surface area contributed by atoms with Gasteiger partial charge in [-0.05, 0) is 49.4 Å². The van der Waals surface area contributed by atoms with Gasteiger partial charge in [0.15, 0.2) is 5.96 Å². The molecule has 1 aromatic heterocycles. The molecule has 1 saturated carbocycles. The van der Waals surface area contributed by atoms with Crippen LogP contribution in [0.2, 0.25) is 0 Å². The number of hydrogen-bond acceptors (Lipinski definition) is 3. The van der Waals surface area contributed by atoms with Crippen molar-refractivity contribution in [1.29, 1.82) is 0 Å². The summed E-state index contributed by atoms with van der Waals surface area (Å²) in [6.07, 6.45) is 4.48. The molecule has 6 heteroatoms. The summed E-state index contributed by atoms with van der Waals surface area (Å²) in [5, 5.41) is 3.37. The highest BCUT2D eigenvalue weighted by Crippen LogP contribution is 2.28. The van der Waals surface area contributed by atoms with Crippen LogP contribution in [0.3, 0.4) is 0 Å². The minimum atomic E-state index is 0. The standard InChI is InChI=1S/C22H30N4O.HI/c1-3-23-22(26(2)13-14-27-17-18-10-11-18)25-16-19-7-6-8-20(15-19)21-9-4-5-12-24-21;/h4-9,12,15,18H,3,10-11,13-14,16-17H2,1-2H3,(H,23,25);1H. The fraction of sp³-hybridized carbons (Fsp3) is 0.455. The maximum absolute atomic E-state index is 5.75. The molecule has 2 aromatic rings. The molecular weight excluding hydrogens is 463 g/mol. The highest BCUT2D eigenvalue weighted by Gasteiger charge is 2.21. The summed E-state index contributed by atoms with van der Waals surface area (Å²) in [6, 6.07) is 14.4. The number of aliphatic imine (C=N–C) groups is 1. The predicted octanol–water partition coefficient (Wildman–Crippen LogP) is 4.19. The van der Waals surface area contributed by atoms with Crippen LogP contribution in [0.25, 0.3) is 11.3 Å². The molecule has 0 radical (unpaired) electrons. The van der Waals surface area contributed by atoms with Crippen molar-refractivity contribution in [2.75, 3.05) is 33.4 Å². The Bertz CT molecular complexity index is 734. The van der Waals surface area contributed by atoms with E-state index in [1.807, 2.05) is 24.4 Å². The van der Waals surface area contributed by atoms with Gasteiger partial charge in [-0.3, -0.25) is 4.98 Å². The second-order valence-electron chi connectivity index (χ2n) is 7.03. The minimum absolute atomic E-state index is 0. The zero-order valence-electron chi connectivity index (χ0n) is 16.8. The molecule has 28 heavy (non-hydrogen) atoms. The van der Waals surface area contributed by atoms with Crippen LogP contribution in [0.1, 0.15) is 25.3 Å². The molecule has 1 aliphatic rings. The maximum Gasteiger partial charge on any atom is 0.194 e. The van der Waals surface area contributed by atoms with E-state index in [0.29, 0.717) is 6.54 Å². The Morgan fingerprint density at radius 2 is 2.11 bits per heavy atom. The fourth-order valence-corrected chi connectivity index (χ4v) is 2.84. The normalized spacial score (nSPS) is 13.7. The first-order valence-electron chi connectivity index (χ1n) is 9.84. The fourth-order valence-electron chi connectivity index (χ4n) is 2.84. The zero-order chi connectivity index (χ0) is 18.9. The van der Waals surface area contributed by atoms with Gasteiger partial charge in [-0.1, -0.05) is 24.3 Å². The molecule has 1 aromatic carbocycles. The van der Waals surface area contributed by atoms with Crippen LogP contribution < -0.4 is 5.32 Å². The van der Waals surface area contributed by atoms with Gasteiger partial charge in [0.2, 0.25) is 0 Å². The third-order valence-electron chi connectivity index (χ3n) is 4.62. The summed E-state index contributed by atoms with van der Waals surface area (Å²) in [5.41, 5.74) is 3.28. The van der Waals surface area contributed by atoms with Crippen molar-refractivity contribution in [2.45, 2.75) is 26.3 Å². The van der Waals surface area contributed by atoms with Crippen LogP contribution in [0.15, 0.2) is 53.7 Å². The van der Waals surface area contributed by atoms with Gasteiger partial charge in [0, 0.05) is 38.5 Å². The van der Waals surface area contributed by atoms with Gasteiger partial charge in [-0.2, -0.15) is 0 Å². The SMILES string of the molecule is CCNC(=NCc1cccc(-c2ccccn2)c1)N(C)CCOCC1CC1.I. The van der Waals surface area contributed by atoms with Crippen molar-refractivity contribution in [1.82, 2.24) is 15.2 Å². The molecule has 152 valence electrons. The number of hydrogen-bond donors (Lipinski definition) is 1. The van der Waals surface area contributed by atoms with Gasteiger partial charge in [-0.15, -0.1) is 24.0 Å². The van der Waals surface area contributed by atoms with E-state index in [2.05, 4.69) is 53.4 Å². The summed E-state index contributed by atoms with van der Waals surface area (Å²) in [4.78, 5) is 11.4. The molecule has 1 heterocycles. The molecule has 0 bridgehead atoms. The lowest BCUT2D eigenvalue weighted by molar-refractivity contribution is 0.115. The number of halogens is 1. The lowest BCUT2D eigenvalue weighted by Crippen LogP contribution is -2.40. The first-order chi connectivity index (χ1) is 13.3. The van der Waals surface area contributed by atoms with Gasteiger partial charge >= 0.3 is 0 Å². The molecule has 0 aliphatic heterocycles. The van der Waals surface area contributed by atoms with Crippen molar-refractivity contribution in [3.05, 3.63) is 54.2 Å². The number of guanidine groups is 1. The van der Waals surface area contributed by atoms with E-state index in [9.17, 15) is 0 Å². The average molecular weight is 494 g/mol. The Morgan fingerprint density at radius 3 is 2.82 bits per heavy atom. The van der Waals surface area contributed by atoms with E-state index < -0.39 is 0 Å². The summed E-state index contributed by atoms with van der Waals surface area (Å²) < 4.78 is 5.75. The van der Waals surface area contributed by atoms with E-state index in [1.165, 1.54) is 18.4 Å². The summed E-state index contributed by atoms with van der Waals surface area (Å²) >= 11 is 0. The molecule has 1 aliphatic carbocycles. The third-order valence-corrected chi connectivity index (χ3v) is 4.62. The largest absolute Gasteiger partial charge is 0.379 e. The number of aromatic nitrogens is 1. The van der Waals surface area contributed by atoms with Gasteiger partial charge in [0.1, 0.15) is 0 Å². The van der Waals surface area contributed by atoms with E-state index in [0.717, 1.165) is 49.4 Å². The van der Waals surface area contributed by atoms with E-state index >= 15 is 0 Å². The number of ether oxygens (including phenoxy) is 1. The van der Waals surface area contributed by atoms with Gasteiger partial charge < -0.3 is 15.0 Å². The molecule has 0 amide bonds. The predicted molar refractivity (Wildman–Crippen MR) is 126 cm³/mol. The Balaban J connectivity index is 0.00000280. The molecular formula is C22H31IN4O. The molecule has 5 nitrogen and oxygen atoms in total. The summed E-state index contributed by atoms with van der Waals surface area (Å²) in [5.74, 6) is 1.72. The van der Waals surface area contributed by atoms with Crippen LogP contribution >= 0.6 is 24.0 Å². The lowest BCUT2D eigenvalue weighted by atomic mass is 10.1. The molecule has 1 fully saturated rings. The lowest BCUT2D eigenvalue weighted by Gasteiger charge is -2.22. The van der Waals surface area contributed by atoms with Crippen LogP contribution in [-0.4, -0.2) is 49.2 Å². The highest BCUT2D eigenvalue weighted by molar-refractivity contribution is 14.0. The summed E-state index contributed by atoms with van der Waals surface area (Å²) in [6.45, 7) is 6.06. The smallest absolute Gasteiger partial charge is 0.194 e. The zero-order valence-corrected chi connectivity index (χ0v) is 19.1. The number of rotatable bonds is 9. The minimum Gasteiger partial charge on any atom is -0.379 e. The van der Waals surface area contributed by atoms with E-state index in [4.69, 9.17) is 9.73 Å². The first kappa shape index (κ1) is 22.6. The quantitative estimate of drug-likeness (QED) is 0.246. The van der Waals surface area contributed by atoms with Gasteiger partial charge in [0.05, 0.1) is 18.8 Å². The number of nitrogens with one attached hydrogen (secondary N) is 1. The molecule has 0 atom stereocenters. The molecule has 0 unspecified atom stereocenters. The number of benzene rings is 1. The van der Waals surface area contributed by atoms with Crippen LogP contribution in [0.4, 0.5) is 0 Å². The molecule has 1 N–H and O–H groups in total. The second kappa shape index (κ2) is 12.0. The molecule has 0 saturated heterocycles. The van der Waals surface area contributed by atoms with Crippen molar-refractivity contribution >= 4 is 29.9 Å². The van der Waals surface area contributed by atoms with Crippen LogP contribution in [-0.2, 0) is 11.3 Å². The number of likely N-dealkylation sites (N-methyl/N-ethyl adjacent to an activating group) is 1. The van der Waals surface area contributed by atoms with Crippen LogP contribution in [0, 0.1) is 5.92 Å². The molecule has 3 rings (SSSR count). The van der Waals surface area contributed by atoms with Crippen molar-refractivity contribution in [3.8, 4) is 11.3 Å². The topological polar surface area (TPSA) is 49.8 Å². The second-order valence-corrected chi connectivity index (χ2v) is 7.03. The number of nitrogens with zero attached hydrogens (tertiary/aromatic N) is 3. The first-order valence-corrected chi connectivity index (χ1v) is 9.84. The van der Waals surface area contributed by atoms with Crippen molar-refractivity contribution < 1.29 is 4.74 Å². The van der Waals surface area contributed by atoms with Crippen molar-refractivity contribution in [3.63, 3.8) is 0 Å². The Hall–Kier alpha value is -1.67. The monoisotopic (exact) mass is 494 g/mol. The summed E-state index contributed by atoms with van der Waals surface area (Å²) in [7, 11) is 2.06. The van der Waals surface area contributed by atoms with Crippen LogP contribution in [0.5, 0.6) is 0 Å². The van der Waals surface area contributed by atoms with Gasteiger partial charge in [-0.25, -0.2) is 4.99 Å². The average Bonchev–Trinajstić information content (AvgIpc) is 3.53. The Labute approximate surface area is 185 Å². The van der Waals surface area contributed by atoms with E-state index in [1.54, 1.807) is 0 Å². The van der Waals surface area contributed by atoms with Crippen molar-refractivity contribution in [2.24, 2.45) is 10.9 Å². The Morgan fingerprint density at radius 1 is 1.25 bits per heavy atom. The number of pyridine rings is 1. The third kappa shape index (κ3) is 7.39. The highest BCUT2D eigenvalue weighted by atomic mass is 127. The molecule has 0 spiro atoms. The van der Waals surface area contributed by atoms with E-state index in [-0.39, 0.29) is 24.0 Å². The van der Waals surface area contributed by atoms with Gasteiger partial charge in [0.25, 0.3) is 0 Å². The Kier molecular flexibility index (Phi) is 9.70.